The zero-order valence-electron chi connectivity index (χ0n) is 17.7. The van der Waals surface area contributed by atoms with Crippen molar-refractivity contribution in [1.29, 1.82) is 0 Å². The SMILES string of the molecule is CC(=O)c1ccc(S(=O)(=O)N2CCN(C(C)c3nnc(-c4cccc(Cl)c4)o3)CC2)cc1. The Morgan fingerprint density at radius 2 is 1.75 bits per heavy atom. The third-order valence-electron chi connectivity index (χ3n) is 5.59. The van der Waals surface area contributed by atoms with Crippen LogP contribution in [-0.2, 0) is 10.0 Å². The molecular formula is C22H23ClN4O4S. The maximum absolute atomic E-state index is 13.0. The van der Waals surface area contributed by atoms with Crippen molar-refractivity contribution in [2.45, 2.75) is 24.8 Å². The molecule has 1 aromatic heterocycles. The highest BCUT2D eigenvalue weighted by molar-refractivity contribution is 7.89. The highest BCUT2D eigenvalue weighted by Gasteiger charge is 2.32. The van der Waals surface area contributed by atoms with Crippen molar-refractivity contribution in [2.75, 3.05) is 26.2 Å². The summed E-state index contributed by atoms with van der Waals surface area (Å²) in [7, 11) is -3.62. The summed E-state index contributed by atoms with van der Waals surface area (Å²) in [6.07, 6.45) is 0. The van der Waals surface area contributed by atoms with Crippen molar-refractivity contribution in [3.05, 3.63) is 65.0 Å². The van der Waals surface area contributed by atoms with Crippen molar-refractivity contribution >= 4 is 27.4 Å². The van der Waals surface area contributed by atoms with Gasteiger partial charge in [0.25, 0.3) is 0 Å². The van der Waals surface area contributed by atoms with E-state index >= 15 is 0 Å². The zero-order chi connectivity index (χ0) is 22.9. The molecule has 2 heterocycles. The Bertz CT molecular complexity index is 1220. The van der Waals surface area contributed by atoms with Gasteiger partial charge >= 0.3 is 0 Å². The molecule has 32 heavy (non-hydrogen) atoms. The number of piperazine rings is 1. The van der Waals surface area contributed by atoms with Crippen LogP contribution >= 0.6 is 11.6 Å². The molecule has 0 N–H and O–H groups in total. The molecule has 1 saturated heterocycles. The smallest absolute Gasteiger partial charge is 0.247 e. The fourth-order valence-electron chi connectivity index (χ4n) is 3.64. The maximum atomic E-state index is 13.0. The molecule has 1 aliphatic heterocycles. The first-order valence-electron chi connectivity index (χ1n) is 10.2. The van der Waals surface area contributed by atoms with E-state index in [1.807, 2.05) is 19.1 Å². The van der Waals surface area contributed by atoms with Gasteiger partial charge in [-0.1, -0.05) is 29.8 Å². The lowest BCUT2D eigenvalue weighted by molar-refractivity contribution is 0.101. The Kier molecular flexibility index (Phi) is 6.43. The molecule has 168 valence electrons. The second-order valence-electron chi connectivity index (χ2n) is 7.65. The van der Waals surface area contributed by atoms with Crippen LogP contribution in [-0.4, -0.2) is 59.8 Å². The van der Waals surface area contributed by atoms with Gasteiger partial charge < -0.3 is 4.42 Å². The van der Waals surface area contributed by atoms with Crippen LogP contribution in [0.2, 0.25) is 5.02 Å². The second kappa shape index (κ2) is 9.11. The summed E-state index contributed by atoms with van der Waals surface area (Å²) in [5.41, 5.74) is 1.23. The van der Waals surface area contributed by atoms with Crippen LogP contribution in [0.3, 0.4) is 0 Å². The minimum absolute atomic E-state index is 0.101. The van der Waals surface area contributed by atoms with Gasteiger partial charge in [0, 0.05) is 42.3 Å². The van der Waals surface area contributed by atoms with E-state index < -0.39 is 10.0 Å². The summed E-state index contributed by atoms with van der Waals surface area (Å²) in [5.74, 6) is 0.761. The molecule has 0 radical (unpaired) electrons. The van der Waals surface area contributed by atoms with Gasteiger partial charge in [0.2, 0.25) is 21.8 Å². The molecule has 0 bridgehead atoms. The van der Waals surface area contributed by atoms with Crippen molar-refractivity contribution in [1.82, 2.24) is 19.4 Å². The van der Waals surface area contributed by atoms with E-state index in [1.54, 1.807) is 24.3 Å². The number of benzene rings is 2. The lowest BCUT2D eigenvalue weighted by atomic mass is 10.2. The molecule has 0 spiro atoms. The van der Waals surface area contributed by atoms with Crippen molar-refractivity contribution in [2.24, 2.45) is 0 Å². The third kappa shape index (κ3) is 4.61. The van der Waals surface area contributed by atoms with Gasteiger partial charge in [0.15, 0.2) is 5.78 Å². The van der Waals surface area contributed by atoms with Gasteiger partial charge in [-0.15, -0.1) is 10.2 Å². The van der Waals surface area contributed by atoms with E-state index in [0.717, 1.165) is 5.56 Å². The average Bonchev–Trinajstić information content (AvgIpc) is 3.29. The summed E-state index contributed by atoms with van der Waals surface area (Å²) in [6, 6.07) is 13.1. The lowest BCUT2D eigenvalue weighted by Gasteiger charge is -2.36. The van der Waals surface area contributed by atoms with Crippen molar-refractivity contribution in [3.63, 3.8) is 0 Å². The molecule has 1 aliphatic rings. The van der Waals surface area contributed by atoms with Crippen molar-refractivity contribution in [3.8, 4) is 11.5 Å². The number of Topliss-reactive ketones (excluding diaryl/α,β-unsaturated/α-hetero) is 1. The van der Waals surface area contributed by atoms with Crippen LogP contribution in [0, 0.1) is 0 Å². The Morgan fingerprint density at radius 3 is 2.38 bits per heavy atom. The number of hydrogen-bond acceptors (Lipinski definition) is 7. The number of nitrogens with zero attached hydrogens (tertiary/aromatic N) is 4. The second-order valence-corrected chi connectivity index (χ2v) is 10.0. The van der Waals surface area contributed by atoms with Gasteiger partial charge in [0.1, 0.15) is 0 Å². The summed E-state index contributed by atoms with van der Waals surface area (Å²) >= 11 is 6.04. The molecule has 0 amide bonds. The number of carbonyl (C=O) groups excluding carboxylic acids is 1. The topological polar surface area (TPSA) is 96.6 Å². The van der Waals surface area contributed by atoms with Crippen LogP contribution < -0.4 is 0 Å². The maximum Gasteiger partial charge on any atom is 0.247 e. The minimum atomic E-state index is -3.62. The molecule has 1 atom stereocenters. The van der Waals surface area contributed by atoms with Crippen LogP contribution in [0.15, 0.2) is 57.8 Å². The van der Waals surface area contributed by atoms with Gasteiger partial charge in [-0.3, -0.25) is 9.69 Å². The molecule has 0 aliphatic carbocycles. The quantitative estimate of drug-likeness (QED) is 0.503. The van der Waals surface area contributed by atoms with E-state index in [1.165, 1.54) is 23.4 Å². The van der Waals surface area contributed by atoms with E-state index in [0.29, 0.717) is 48.5 Å². The lowest BCUT2D eigenvalue weighted by Crippen LogP contribution is -2.49. The number of aromatic nitrogens is 2. The van der Waals surface area contributed by atoms with Gasteiger partial charge in [-0.05, 0) is 44.2 Å². The molecule has 3 aromatic rings. The Morgan fingerprint density at radius 1 is 1.06 bits per heavy atom. The molecular weight excluding hydrogens is 452 g/mol. The molecule has 1 unspecified atom stereocenters. The van der Waals surface area contributed by atoms with E-state index in [9.17, 15) is 13.2 Å². The molecule has 0 saturated carbocycles. The number of rotatable bonds is 6. The molecule has 1 fully saturated rings. The predicted octanol–water partition coefficient (Wildman–Crippen LogP) is 3.66. The first kappa shape index (κ1) is 22.6. The summed E-state index contributed by atoms with van der Waals surface area (Å²) in [6.45, 7) is 5.15. The Hall–Kier alpha value is -2.59. The van der Waals surface area contributed by atoms with Crippen molar-refractivity contribution < 1.29 is 17.6 Å². The highest BCUT2D eigenvalue weighted by atomic mass is 35.5. The zero-order valence-corrected chi connectivity index (χ0v) is 19.3. The van der Waals surface area contributed by atoms with E-state index in [-0.39, 0.29) is 16.7 Å². The van der Waals surface area contributed by atoms with Gasteiger partial charge in [-0.25, -0.2) is 8.42 Å². The largest absolute Gasteiger partial charge is 0.419 e. The number of sulfonamides is 1. The third-order valence-corrected chi connectivity index (χ3v) is 7.74. The first-order valence-corrected chi connectivity index (χ1v) is 12.0. The molecule has 10 heteroatoms. The number of halogens is 1. The fraction of sp³-hybridized carbons (Fsp3) is 0.318. The molecule has 4 rings (SSSR count). The van der Waals surface area contributed by atoms with Gasteiger partial charge in [-0.2, -0.15) is 4.31 Å². The monoisotopic (exact) mass is 474 g/mol. The predicted molar refractivity (Wildman–Crippen MR) is 120 cm³/mol. The Labute approximate surface area is 191 Å². The standard InChI is InChI=1S/C22H23ClN4O4S/c1-15(21-24-25-22(31-21)18-4-3-5-19(23)14-18)26-10-12-27(13-11-26)32(29,30)20-8-6-17(7-9-20)16(2)28/h3-9,14-15H,10-13H2,1-2H3. The molecule has 8 nitrogen and oxygen atoms in total. The Balaban J connectivity index is 1.41. The number of hydrogen-bond donors (Lipinski definition) is 0. The molecule has 2 aromatic carbocycles. The van der Waals surface area contributed by atoms with Crippen LogP contribution in [0.5, 0.6) is 0 Å². The van der Waals surface area contributed by atoms with E-state index in [4.69, 9.17) is 16.0 Å². The summed E-state index contributed by atoms with van der Waals surface area (Å²) in [5, 5.41) is 8.89. The highest BCUT2D eigenvalue weighted by Crippen LogP contribution is 2.27. The van der Waals surface area contributed by atoms with Crippen LogP contribution in [0.4, 0.5) is 0 Å². The van der Waals surface area contributed by atoms with Crippen LogP contribution in [0.25, 0.3) is 11.5 Å². The number of ketones is 1. The normalized spacial score (nSPS) is 16.7. The van der Waals surface area contributed by atoms with Gasteiger partial charge in [0.05, 0.1) is 10.9 Å². The van der Waals surface area contributed by atoms with Crippen LogP contribution in [0.1, 0.15) is 36.1 Å². The fourth-order valence-corrected chi connectivity index (χ4v) is 5.25. The first-order chi connectivity index (χ1) is 15.3. The summed E-state index contributed by atoms with van der Waals surface area (Å²) < 4.78 is 33.3. The number of carbonyl (C=O) groups is 1. The van der Waals surface area contributed by atoms with E-state index in [2.05, 4.69) is 15.1 Å². The average molecular weight is 475 g/mol. The minimum Gasteiger partial charge on any atom is -0.419 e. The summed E-state index contributed by atoms with van der Waals surface area (Å²) in [4.78, 5) is 13.7.